The lowest BCUT2D eigenvalue weighted by Gasteiger charge is -2.28. The third kappa shape index (κ3) is 4.48. The van der Waals surface area contributed by atoms with Crippen LogP contribution in [0.2, 0.25) is 0 Å². The van der Waals surface area contributed by atoms with E-state index in [-0.39, 0.29) is 29.6 Å². The van der Waals surface area contributed by atoms with Crippen molar-refractivity contribution in [2.24, 2.45) is 0 Å². The molecule has 0 saturated carbocycles. The predicted octanol–water partition coefficient (Wildman–Crippen LogP) is 1.31. The molecule has 24 heavy (non-hydrogen) atoms. The van der Waals surface area contributed by atoms with Gasteiger partial charge in [-0.05, 0) is 37.9 Å². The molecule has 0 aliphatic carbocycles. The largest absolute Gasteiger partial charge is 0.336 e. The fourth-order valence-corrected chi connectivity index (χ4v) is 5.19. The van der Waals surface area contributed by atoms with Crippen molar-refractivity contribution in [1.82, 2.24) is 15.5 Å². The molecule has 2 fully saturated rings. The van der Waals surface area contributed by atoms with Crippen molar-refractivity contribution in [3.8, 4) is 0 Å². The molecule has 2 saturated heterocycles. The van der Waals surface area contributed by atoms with Gasteiger partial charge in [-0.25, -0.2) is 13.2 Å². The first-order chi connectivity index (χ1) is 11.5. The quantitative estimate of drug-likeness (QED) is 0.838. The average molecular weight is 351 g/mol. The zero-order chi connectivity index (χ0) is 17.0. The van der Waals surface area contributed by atoms with Gasteiger partial charge in [-0.3, -0.25) is 4.90 Å². The van der Waals surface area contributed by atoms with Crippen LogP contribution in [0.5, 0.6) is 0 Å². The number of nitrogens with zero attached hydrogens (tertiary/aromatic N) is 1. The zero-order valence-corrected chi connectivity index (χ0v) is 14.6. The average Bonchev–Trinajstić information content (AvgIpc) is 3.18. The monoisotopic (exact) mass is 351 g/mol. The number of amides is 2. The second-order valence-corrected chi connectivity index (χ2v) is 8.85. The molecule has 1 aromatic rings. The van der Waals surface area contributed by atoms with E-state index in [1.165, 1.54) is 18.4 Å². The topological polar surface area (TPSA) is 78.5 Å². The first-order valence-corrected chi connectivity index (χ1v) is 10.4. The minimum atomic E-state index is -2.98. The van der Waals surface area contributed by atoms with Crippen molar-refractivity contribution in [3.05, 3.63) is 35.9 Å². The molecule has 2 aliphatic rings. The van der Waals surface area contributed by atoms with Crippen LogP contribution in [0.25, 0.3) is 0 Å². The van der Waals surface area contributed by atoms with Crippen molar-refractivity contribution in [2.45, 2.75) is 31.3 Å². The Balaban J connectivity index is 1.56. The van der Waals surface area contributed by atoms with Gasteiger partial charge in [0.15, 0.2) is 9.84 Å². The normalized spacial score (nSPS) is 24.6. The lowest BCUT2D eigenvalue weighted by molar-refractivity contribution is 0.219. The van der Waals surface area contributed by atoms with E-state index in [0.29, 0.717) is 13.0 Å². The van der Waals surface area contributed by atoms with Crippen LogP contribution in [0.4, 0.5) is 4.79 Å². The maximum atomic E-state index is 12.1. The summed E-state index contributed by atoms with van der Waals surface area (Å²) in [5, 5.41) is 5.71. The van der Waals surface area contributed by atoms with E-state index < -0.39 is 9.84 Å². The Morgan fingerprint density at radius 3 is 2.54 bits per heavy atom. The van der Waals surface area contributed by atoms with Gasteiger partial charge < -0.3 is 10.6 Å². The van der Waals surface area contributed by atoms with E-state index >= 15 is 0 Å². The summed E-state index contributed by atoms with van der Waals surface area (Å²) in [6, 6.07) is 9.81. The van der Waals surface area contributed by atoms with Crippen molar-refractivity contribution in [3.63, 3.8) is 0 Å². The summed E-state index contributed by atoms with van der Waals surface area (Å²) < 4.78 is 22.9. The molecule has 2 aliphatic heterocycles. The second kappa shape index (κ2) is 7.53. The Morgan fingerprint density at radius 2 is 1.92 bits per heavy atom. The Bertz CT molecular complexity index is 657. The van der Waals surface area contributed by atoms with Gasteiger partial charge in [-0.15, -0.1) is 0 Å². The highest BCUT2D eigenvalue weighted by atomic mass is 32.2. The van der Waals surface area contributed by atoms with Crippen LogP contribution in [0.1, 0.15) is 30.9 Å². The number of carbonyl (C=O) groups is 1. The first-order valence-electron chi connectivity index (χ1n) is 8.57. The number of nitrogens with one attached hydrogen (secondary N) is 2. The molecule has 0 radical (unpaired) electrons. The summed E-state index contributed by atoms with van der Waals surface area (Å²) in [5.74, 6) is 0.215. The number of benzene rings is 1. The van der Waals surface area contributed by atoms with Gasteiger partial charge >= 0.3 is 6.03 Å². The summed E-state index contributed by atoms with van der Waals surface area (Å²) >= 11 is 0. The van der Waals surface area contributed by atoms with Crippen molar-refractivity contribution < 1.29 is 13.2 Å². The van der Waals surface area contributed by atoms with Gasteiger partial charge in [0.1, 0.15) is 0 Å². The number of hydrogen-bond donors (Lipinski definition) is 2. The molecule has 132 valence electrons. The first kappa shape index (κ1) is 17.2. The Hall–Kier alpha value is -1.60. The summed E-state index contributed by atoms with van der Waals surface area (Å²) in [6.45, 7) is 2.61. The molecule has 2 unspecified atom stereocenters. The highest BCUT2D eigenvalue weighted by Crippen LogP contribution is 2.24. The van der Waals surface area contributed by atoms with Crippen LogP contribution in [-0.4, -0.2) is 56.5 Å². The van der Waals surface area contributed by atoms with Gasteiger partial charge in [-0.2, -0.15) is 0 Å². The van der Waals surface area contributed by atoms with Crippen LogP contribution in [0.3, 0.4) is 0 Å². The van der Waals surface area contributed by atoms with Gasteiger partial charge in [0.2, 0.25) is 0 Å². The van der Waals surface area contributed by atoms with Crippen LogP contribution in [0, 0.1) is 0 Å². The number of sulfone groups is 1. The number of urea groups is 1. The third-order valence-corrected chi connectivity index (χ3v) is 6.56. The molecule has 2 N–H and O–H groups in total. The van der Waals surface area contributed by atoms with E-state index in [1.807, 2.05) is 18.2 Å². The van der Waals surface area contributed by atoms with Crippen LogP contribution in [0.15, 0.2) is 30.3 Å². The highest BCUT2D eigenvalue weighted by molar-refractivity contribution is 7.91. The van der Waals surface area contributed by atoms with E-state index in [1.54, 1.807) is 0 Å². The van der Waals surface area contributed by atoms with Crippen molar-refractivity contribution >= 4 is 15.9 Å². The fourth-order valence-electron chi connectivity index (χ4n) is 3.52. The lowest BCUT2D eigenvalue weighted by Crippen LogP contribution is -2.45. The smallest absolute Gasteiger partial charge is 0.315 e. The van der Waals surface area contributed by atoms with Crippen molar-refractivity contribution in [1.29, 1.82) is 0 Å². The molecule has 2 amide bonds. The van der Waals surface area contributed by atoms with Crippen LogP contribution >= 0.6 is 0 Å². The third-order valence-electron chi connectivity index (χ3n) is 4.79. The zero-order valence-electron chi connectivity index (χ0n) is 13.8. The summed E-state index contributed by atoms with van der Waals surface area (Å²) in [6.07, 6.45) is 2.88. The molecule has 0 bridgehead atoms. The Morgan fingerprint density at radius 1 is 1.21 bits per heavy atom. The highest BCUT2D eigenvalue weighted by Gasteiger charge is 2.29. The van der Waals surface area contributed by atoms with Crippen LogP contribution in [-0.2, 0) is 9.84 Å². The molecule has 7 heteroatoms. The van der Waals surface area contributed by atoms with Crippen LogP contribution < -0.4 is 10.6 Å². The summed E-state index contributed by atoms with van der Waals surface area (Å²) in [7, 11) is -2.98. The Labute approximate surface area is 143 Å². The number of hydrogen-bond acceptors (Lipinski definition) is 4. The van der Waals surface area contributed by atoms with Gasteiger partial charge in [0.05, 0.1) is 17.5 Å². The standard InChI is InChI=1S/C17H25N3O3S/c21-17(19-15-8-11-24(22,23)13-15)18-12-16(20-9-4-5-10-20)14-6-2-1-3-7-14/h1-3,6-7,15-16H,4-5,8-13H2,(H2,18,19,21). The maximum absolute atomic E-state index is 12.1. The van der Waals surface area contributed by atoms with E-state index in [0.717, 1.165) is 13.1 Å². The van der Waals surface area contributed by atoms with E-state index in [2.05, 4.69) is 27.7 Å². The molecule has 2 heterocycles. The molecule has 3 rings (SSSR count). The summed E-state index contributed by atoms with van der Waals surface area (Å²) in [5.41, 5.74) is 1.20. The molecular weight excluding hydrogens is 326 g/mol. The number of carbonyl (C=O) groups excluding carboxylic acids is 1. The van der Waals surface area contributed by atoms with E-state index in [4.69, 9.17) is 0 Å². The van der Waals surface area contributed by atoms with Gasteiger partial charge in [0, 0.05) is 12.6 Å². The lowest BCUT2D eigenvalue weighted by atomic mass is 10.1. The maximum Gasteiger partial charge on any atom is 0.315 e. The molecule has 6 nitrogen and oxygen atoms in total. The fraction of sp³-hybridized carbons (Fsp3) is 0.588. The van der Waals surface area contributed by atoms with Gasteiger partial charge in [-0.1, -0.05) is 30.3 Å². The molecule has 2 atom stereocenters. The molecule has 1 aromatic carbocycles. The minimum Gasteiger partial charge on any atom is -0.336 e. The SMILES string of the molecule is O=C(NCC(c1ccccc1)N1CCCC1)NC1CCS(=O)(=O)C1. The second-order valence-electron chi connectivity index (χ2n) is 6.62. The minimum absolute atomic E-state index is 0.0503. The molecule has 0 aromatic heterocycles. The van der Waals surface area contributed by atoms with Crippen molar-refractivity contribution in [2.75, 3.05) is 31.1 Å². The molecule has 0 spiro atoms. The Kier molecular flexibility index (Phi) is 5.40. The number of likely N-dealkylation sites (tertiary alicyclic amines) is 1. The molecular formula is C17H25N3O3S. The van der Waals surface area contributed by atoms with E-state index in [9.17, 15) is 13.2 Å². The predicted molar refractivity (Wildman–Crippen MR) is 93.6 cm³/mol. The number of rotatable bonds is 5. The van der Waals surface area contributed by atoms with Gasteiger partial charge in [0.25, 0.3) is 0 Å². The summed E-state index contributed by atoms with van der Waals surface area (Å²) in [4.78, 5) is 14.5.